The van der Waals surface area contributed by atoms with Crippen molar-refractivity contribution in [1.29, 1.82) is 0 Å². The highest BCUT2D eigenvalue weighted by Crippen LogP contribution is 2.15. The minimum absolute atomic E-state index is 0.0939. The number of rotatable bonds is 3. The third-order valence-corrected chi connectivity index (χ3v) is 2.13. The van der Waals surface area contributed by atoms with Gasteiger partial charge in [0.05, 0.1) is 0 Å². The Kier molecular flexibility index (Phi) is 2.86. The van der Waals surface area contributed by atoms with Gasteiger partial charge in [0, 0.05) is 18.8 Å². The molecular weight excluding hydrogens is 182 g/mol. The Balaban J connectivity index is 2.89. The number of carboxylic acids is 1. The molecular formula is C10H13NO3. The summed E-state index contributed by atoms with van der Waals surface area (Å²) in [6.07, 6.45) is 3.32. The first-order chi connectivity index (χ1) is 6.43. The molecule has 0 spiro atoms. The molecule has 1 heterocycles. The molecule has 1 aromatic heterocycles. The average molecular weight is 195 g/mol. The predicted molar refractivity (Wildman–Crippen MR) is 50.9 cm³/mol. The summed E-state index contributed by atoms with van der Waals surface area (Å²) in [6.45, 7) is 3.12. The Labute approximate surface area is 82.2 Å². The molecule has 1 aromatic rings. The zero-order valence-electron chi connectivity index (χ0n) is 8.19. The standard InChI is InChI=1S/C10H13NO3/c1-7-6-11-4-3-8(7)5-10(2,14)9(12)13/h3-4,6,14H,5H2,1-2H3,(H,12,13). The monoisotopic (exact) mass is 195 g/mol. The summed E-state index contributed by atoms with van der Waals surface area (Å²) in [5, 5.41) is 18.3. The van der Waals surface area contributed by atoms with Crippen LogP contribution in [-0.2, 0) is 11.2 Å². The Morgan fingerprint density at radius 1 is 1.64 bits per heavy atom. The van der Waals surface area contributed by atoms with Gasteiger partial charge in [-0.25, -0.2) is 4.79 Å². The van der Waals surface area contributed by atoms with E-state index >= 15 is 0 Å². The van der Waals surface area contributed by atoms with Crippen molar-refractivity contribution in [3.8, 4) is 0 Å². The van der Waals surface area contributed by atoms with Gasteiger partial charge in [-0.05, 0) is 31.0 Å². The summed E-state index contributed by atoms with van der Waals surface area (Å²) in [6, 6.07) is 1.72. The fourth-order valence-electron chi connectivity index (χ4n) is 1.15. The lowest BCUT2D eigenvalue weighted by Crippen LogP contribution is -2.37. The second-order valence-corrected chi connectivity index (χ2v) is 3.56. The molecule has 0 saturated carbocycles. The molecule has 76 valence electrons. The summed E-state index contributed by atoms with van der Waals surface area (Å²) in [5.41, 5.74) is -0.0343. The highest BCUT2D eigenvalue weighted by atomic mass is 16.4. The molecule has 1 unspecified atom stereocenters. The van der Waals surface area contributed by atoms with Crippen LogP contribution in [0.5, 0.6) is 0 Å². The van der Waals surface area contributed by atoms with Crippen LogP contribution in [0.4, 0.5) is 0 Å². The van der Waals surface area contributed by atoms with E-state index in [-0.39, 0.29) is 6.42 Å². The molecule has 1 atom stereocenters. The summed E-state index contributed by atoms with van der Waals surface area (Å²) >= 11 is 0. The summed E-state index contributed by atoms with van der Waals surface area (Å²) in [4.78, 5) is 14.6. The van der Waals surface area contributed by atoms with E-state index in [1.54, 1.807) is 18.5 Å². The van der Waals surface area contributed by atoms with Gasteiger partial charge in [-0.15, -0.1) is 0 Å². The lowest BCUT2D eigenvalue weighted by atomic mass is 9.95. The van der Waals surface area contributed by atoms with Gasteiger partial charge in [0.25, 0.3) is 0 Å². The van der Waals surface area contributed by atoms with Crippen molar-refractivity contribution >= 4 is 5.97 Å². The number of hydrogen-bond donors (Lipinski definition) is 2. The fraction of sp³-hybridized carbons (Fsp3) is 0.400. The van der Waals surface area contributed by atoms with Gasteiger partial charge in [-0.3, -0.25) is 4.98 Å². The van der Waals surface area contributed by atoms with E-state index in [1.165, 1.54) is 6.92 Å². The SMILES string of the molecule is Cc1cnccc1CC(C)(O)C(=O)O. The largest absolute Gasteiger partial charge is 0.479 e. The van der Waals surface area contributed by atoms with Gasteiger partial charge in [0.2, 0.25) is 0 Å². The summed E-state index contributed by atoms with van der Waals surface area (Å²) < 4.78 is 0. The third kappa shape index (κ3) is 2.29. The number of hydrogen-bond acceptors (Lipinski definition) is 3. The predicted octanol–water partition coefficient (Wildman–Crippen LogP) is 0.768. The lowest BCUT2D eigenvalue weighted by Gasteiger charge is -2.18. The van der Waals surface area contributed by atoms with Crippen LogP contribution in [0, 0.1) is 6.92 Å². The van der Waals surface area contributed by atoms with Crippen LogP contribution in [0.2, 0.25) is 0 Å². The van der Waals surface area contributed by atoms with Crippen molar-refractivity contribution in [2.75, 3.05) is 0 Å². The number of aryl methyl sites for hydroxylation is 1. The van der Waals surface area contributed by atoms with E-state index in [2.05, 4.69) is 4.98 Å². The van der Waals surface area contributed by atoms with Crippen LogP contribution >= 0.6 is 0 Å². The number of pyridine rings is 1. The topological polar surface area (TPSA) is 70.4 Å². The van der Waals surface area contributed by atoms with E-state index < -0.39 is 11.6 Å². The summed E-state index contributed by atoms with van der Waals surface area (Å²) in [5.74, 6) is -1.21. The van der Waals surface area contributed by atoms with Crippen molar-refractivity contribution in [2.24, 2.45) is 0 Å². The minimum atomic E-state index is -1.72. The number of aliphatic carboxylic acids is 1. The van der Waals surface area contributed by atoms with Crippen LogP contribution < -0.4 is 0 Å². The maximum atomic E-state index is 10.7. The average Bonchev–Trinajstić information content (AvgIpc) is 2.08. The van der Waals surface area contributed by atoms with Crippen molar-refractivity contribution in [3.63, 3.8) is 0 Å². The van der Waals surface area contributed by atoms with Crippen LogP contribution in [0.25, 0.3) is 0 Å². The van der Waals surface area contributed by atoms with Crippen molar-refractivity contribution in [2.45, 2.75) is 25.9 Å². The van der Waals surface area contributed by atoms with Gasteiger partial charge < -0.3 is 10.2 Å². The molecule has 14 heavy (non-hydrogen) atoms. The molecule has 0 aromatic carbocycles. The van der Waals surface area contributed by atoms with E-state index in [0.29, 0.717) is 0 Å². The van der Waals surface area contributed by atoms with Gasteiger partial charge >= 0.3 is 5.97 Å². The Morgan fingerprint density at radius 3 is 2.79 bits per heavy atom. The number of carboxylic acid groups (broad SMARTS) is 1. The normalized spacial score (nSPS) is 14.8. The quantitative estimate of drug-likeness (QED) is 0.747. The smallest absolute Gasteiger partial charge is 0.335 e. The van der Waals surface area contributed by atoms with Crippen molar-refractivity contribution in [3.05, 3.63) is 29.6 Å². The van der Waals surface area contributed by atoms with E-state index in [9.17, 15) is 9.90 Å². The first kappa shape index (κ1) is 10.7. The number of aromatic nitrogens is 1. The second-order valence-electron chi connectivity index (χ2n) is 3.56. The third-order valence-electron chi connectivity index (χ3n) is 2.13. The van der Waals surface area contributed by atoms with E-state index in [1.807, 2.05) is 6.92 Å². The van der Waals surface area contributed by atoms with Crippen LogP contribution in [0.3, 0.4) is 0 Å². The van der Waals surface area contributed by atoms with Crippen LogP contribution in [-0.4, -0.2) is 26.8 Å². The van der Waals surface area contributed by atoms with Crippen molar-refractivity contribution < 1.29 is 15.0 Å². The van der Waals surface area contributed by atoms with Gasteiger partial charge in [-0.2, -0.15) is 0 Å². The maximum Gasteiger partial charge on any atom is 0.335 e. The van der Waals surface area contributed by atoms with E-state index in [4.69, 9.17) is 5.11 Å². The highest BCUT2D eigenvalue weighted by molar-refractivity contribution is 5.77. The fourth-order valence-corrected chi connectivity index (χ4v) is 1.15. The Bertz CT molecular complexity index is 347. The number of nitrogens with zero attached hydrogens (tertiary/aromatic N) is 1. The molecule has 1 rings (SSSR count). The Hall–Kier alpha value is -1.42. The van der Waals surface area contributed by atoms with Gasteiger partial charge in [-0.1, -0.05) is 0 Å². The maximum absolute atomic E-state index is 10.7. The molecule has 0 bridgehead atoms. The second kappa shape index (κ2) is 3.75. The molecule has 0 fully saturated rings. The highest BCUT2D eigenvalue weighted by Gasteiger charge is 2.30. The molecule has 0 radical (unpaired) electrons. The number of aliphatic hydroxyl groups is 1. The molecule has 2 N–H and O–H groups in total. The molecule has 4 heteroatoms. The van der Waals surface area contributed by atoms with Crippen LogP contribution in [0.15, 0.2) is 18.5 Å². The zero-order chi connectivity index (χ0) is 10.8. The molecule has 0 aliphatic rings. The molecule has 0 amide bonds. The Morgan fingerprint density at radius 2 is 2.29 bits per heavy atom. The van der Waals surface area contributed by atoms with Gasteiger partial charge in [0.1, 0.15) is 0 Å². The first-order valence-electron chi connectivity index (χ1n) is 4.29. The summed E-state index contributed by atoms with van der Waals surface area (Å²) in [7, 11) is 0. The zero-order valence-corrected chi connectivity index (χ0v) is 8.19. The van der Waals surface area contributed by atoms with E-state index in [0.717, 1.165) is 11.1 Å². The number of carbonyl (C=O) groups is 1. The first-order valence-corrected chi connectivity index (χ1v) is 4.29. The van der Waals surface area contributed by atoms with Crippen LogP contribution in [0.1, 0.15) is 18.1 Å². The van der Waals surface area contributed by atoms with Gasteiger partial charge in [0.15, 0.2) is 5.60 Å². The molecule has 4 nitrogen and oxygen atoms in total. The molecule has 0 aliphatic heterocycles. The molecule has 0 aliphatic carbocycles. The molecule has 0 saturated heterocycles. The lowest BCUT2D eigenvalue weighted by molar-refractivity contribution is -0.156. The minimum Gasteiger partial charge on any atom is -0.479 e. The van der Waals surface area contributed by atoms with Crippen molar-refractivity contribution in [1.82, 2.24) is 4.98 Å².